The first-order valence-corrected chi connectivity index (χ1v) is 16.3. The third kappa shape index (κ3) is 4.35. The van der Waals surface area contributed by atoms with E-state index in [1.807, 2.05) is 43.3 Å². The molecule has 242 valence electrons. The molecule has 47 heavy (non-hydrogen) atoms. The number of anilines is 1. The van der Waals surface area contributed by atoms with Crippen LogP contribution in [0.5, 0.6) is 17.2 Å². The molecule has 1 saturated carbocycles. The van der Waals surface area contributed by atoms with Gasteiger partial charge in [-0.1, -0.05) is 66.6 Å². The molecule has 2 aliphatic carbocycles. The molecule has 7 rings (SSSR count). The second-order valence-electron chi connectivity index (χ2n) is 12.7. The van der Waals surface area contributed by atoms with Gasteiger partial charge in [0.2, 0.25) is 29.4 Å². The summed E-state index contributed by atoms with van der Waals surface area (Å²) >= 11 is 6.37. The summed E-state index contributed by atoms with van der Waals surface area (Å²) in [5, 5.41) is 11.3. The topological polar surface area (TPSA) is 113 Å². The van der Waals surface area contributed by atoms with Gasteiger partial charge in [-0.3, -0.25) is 24.1 Å². The highest BCUT2D eigenvalue weighted by Gasteiger charge is 2.70. The van der Waals surface area contributed by atoms with Gasteiger partial charge in [-0.15, -0.1) is 0 Å². The molecule has 0 spiro atoms. The molecule has 9 nitrogen and oxygen atoms in total. The third-order valence-corrected chi connectivity index (χ3v) is 10.8. The Labute approximate surface area is 277 Å². The summed E-state index contributed by atoms with van der Waals surface area (Å²) in [6, 6.07) is 19.3. The number of ether oxygens (including phenoxy) is 2. The lowest BCUT2D eigenvalue weighted by Crippen LogP contribution is -2.53. The van der Waals surface area contributed by atoms with Crippen molar-refractivity contribution in [1.82, 2.24) is 4.90 Å². The normalized spacial score (nSPS) is 28.2. The van der Waals surface area contributed by atoms with E-state index in [0.717, 1.165) is 5.57 Å². The number of carbonyl (C=O) groups excluding carboxylic acids is 4. The summed E-state index contributed by atoms with van der Waals surface area (Å²) in [5.74, 6) is -4.49. The van der Waals surface area contributed by atoms with Crippen molar-refractivity contribution in [2.45, 2.75) is 37.5 Å². The van der Waals surface area contributed by atoms with Crippen LogP contribution in [0.15, 0.2) is 78.4 Å². The largest absolute Gasteiger partial charge is 0.502 e. The Balaban J connectivity index is 1.52. The van der Waals surface area contributed by atoms with Crippen LogP contribution < -0.4 is 14.4 Å². The van der Waals surface area contributed by atoms with Crippen LogP contribution in [0.25, 0.3) is 0 Å². The van der Waals surface area contributed by atoms with Crippen molar-refractivity contribution in [1.29, 1.82) is 0 Å². The van der Waals surface area contributed by atoms with E-state index < -0.39 is 46.8 Å². The summed E-state index contributed by atoms with van der Waals surface area (Å²) in [6.07, 6.45) is 3.17. The molecular weight excluding hydrogens is 620 g/mol. The number of nitrogens with zero attached hydrogens (tertiary/aromatic N) is 2. The van der Waals surface area contributed by atoms with E-state index in [-0.39, 0.29) is 35.5 Å². The molecule has 4 aliphatic rings. The lowest BCUT2D eigenvalue weighted by Gasteiger charge is -2.50. The summed E-state index contributed by atoms with van der Waals surface area (Å²) in [6.45, 7) is 2.26. The second-order valence-corrected chi connectivity index (χ2v) is 13.1. The van der Waals surface area contributed by atoms with Gasteiger partial charge in [-0.25, -0.2) is 4.90 Å². The number of carbonyl (C=O) groups is 4. The van der Waals surface area contributed by atoms with Crippen molar-refractivity contribution >= 4 is 40.9 Å². The van der Waals surface area contributed by atoms with E-state index >= 15 is 4.79 Å². The number of phenolic OH excluding ortho intramolecular Hbond substituents is 1. The molecular formula is C37H35ClN2O7. The Hall–Kier alpha value is -4.63. The quantitative estimate of drug-likeness (QED) is 0.259. The van der Waals surface area contributed by atoms with Crippen molar-refractivity contribution in [2.24, 2.45) is 23.7 Å². The van der Waals surface area contributed by atoms with Crippen LogP contribution in [0, 0.1) is 23.7 Å². The lowest BCUT2D eigenvalue weighted by atomic mass is 9.49. The standard InChI is InChI=1S/C37H35ClN2O7/c1-4-15-39-33(42)25-14-13-24-26(30(25)35(39)44)19-27-34(43)40(23-12-8-11-22(38)18-23)36(45)37(27,21-9-6-5-7-10-21)31(24)20-16-28(46-2)32(41)29(17-20)47-3/h5-13,16-18,25-27,30-31,41H,4,14-15,19H2,1-3H3/t25-,26+,27-,30-,31-,37+/m0/s1. The molecule has 3 aromatic rings. The van der Waals surface area contributed by atoms with Crippen molar-refractivity contribution < 1.29 is 33.8 Å². The van der Waals surface area contributed by atoms with Crippen molar-refractivity contribution in [3.05, 3.63) is 94.5 Å². The number of imide groups is 2. The molecule has 2 aliphatic heterocycles. The van der Waals surface area contributed by atoms with Crippen LogP contribution >= 0.6 is 11.6 Å². The predicted molar refractivity (Wildman–Crippen MR) is 174 cm³/mol. The predicted octanol–water partition coefficient (Wildman–Crippen LogP) is 5.64. The number of likely N-dealkylation sites (tertiary alicyclic amines) is 1. The lowest BCUT2D eigenvalue weighted by molar-refractivity contribution is -0.140. The highest BCUT2D eigenvalue weighted by Crippen LogP contribution is 2.65. The maximum absolute atomic E-state index is 15.3. The highest BCUT2D eigenvalue weighted by molar-refractivity contribution is 6.32. The number of allylic oxidation sites excluding steroid dienone is 2. The molecule has 3 aromatic carbocycles. The minimum atomic E-state index is -1.45. The SMILES string of the molecule is CCCN1C(=O)[C@H]2[C@H](CC=C3[C@H]2C[C@H]2C(=O)N(c4cccc(Cl)c4)C(=O)[C@@]2(c2ccccc2)[C@H]3c2cc(OC)c(O)c(OC)c2)C1=O. The molecule has 1 N–H and O–H groups in total. The minimum Gasteiger partial charge on any atom is -0.502 e. The average molecular weight is 655 g/mol. The van der Waals surface area contributed by atoms with Crippen molar-refractivity contribution in [2.75, 3.05) is 25.7 Å². The number of fused-ring (bicyclic) bond motifs is 4. The summed E-state index contributed by atoms with van der Waals surface area (Å²) in [4.78, 5) is 60.2. The zero-order chi connectivity index (χ0) is 33.2. The molecule has 0 bridgehead atoms. The Morgan fingerprint density at radius 2 is 1.60 bits per heavy atom. The van der Waals surface area contributed by atoms with E-state index in [0.29, 0.717) is 41.2 Å². The zero-order valence-electron chi connectivity index (χ0n) is 26.3. The van der Waals surface area contributed by atoms with Crippen LogP contribution in [0.2, 0.25) is 5.02 Å². The minimum absolute atomic E-state index is 0.139. The van der Waals surface area contributed by atoms with Gasteiger partial charge in [-0.2, -0.15) is 0 Å². The van der Waals surface area contributed by atoms with E-state index in [4.69, 9.17) is 21.1 Å². The van der Waals surface area contributed by atoms with E-state index in [9.17, 15) is 19.5 Å². The van der Waals surface area contributed by atoms with Crippen LogP contribution in [-0.4, -0.2) is 54.4 Å². The van der Waals surface area contributed by atoms with Gasteiger partial charge in [0.1, 0.15) is 0 Å². The maximum atomic E-state index is 15.3. The molecule has 4 amide bonds. The highest BCUT2D eigenvalue weighted by atomic mass is 35.5. The van der Waals surface area contributed by atoms with Crippen LogP contribution in [0.3, 0.4) is 0 Å². The summed E-state index contributed by atoms with van der Waals surface area (Å²) in [7, 11) is 2.86. The van der Waals surface area contributed by atoms with Gasteiger partial charge in [0.05, 0.1) is 43.1 Å². The number of rotatable bonds is 7. The van der Waals surface area contributed by atoms with Gasteiger partial charge >= 0.3 is 0 Å². The first kappa shape index (κ1) is 31.0. The fraction of sp³-hybridized carbons (Fsp3) is 0.351. The molecule has 0 unspecified atom stereocenters. The van der Waals surface area contributed by atoms with E-state index in [1.54, 1.807) is 36.4 Å². The fourth-order valence-corrected chi connectivity index (χ4v) is 8.89. The Bertz CT molecular complexity index is 1820. The van der Waals surface area contributed by atoms with Gasteiger partial charge < -0.3 is 14.6 Å². The number of methoxy groups -OCH3 is 2. The maximum Gasteiger partial charge on any atom is 0.246 e. The van der Waals surface area contributed by atoms with Gasteiger partial charge in [0.25, 0.3) is 0 Å². The molecule has 2 heterocycles. The van der Waals surface area contributed by atoms with E-state index in [1.165, 1.54) is 24.0 Å². The number of hydrogen-bond donors (Lipinski definition) is 1. The fourth-order valence-electron chi connectivity index (χ4n) is 8.71. The van der Waals surface area contributed by atoms with Gasteiger partial charge in [0, 0.05) is 17.5 Å². The second kappa shape index (κ2) is 11.6. The number of aromatic hydroxyl groups is 1. The van der Waals surface area contributed by atoms with Crippen LogP contribution in [0.4, 0.5) is 5.69 Å². The van der Waals surface area contributed by atoms with E-state index in [2.05, 4.69) is 0 Å². The average Bonchev–Trinajstić information content (AvgIpc) is 3.46. The summed E-state index contributed by atoms with van der Waals surface area (Å²) < 4.78 is 11.1. The first-order chi connectivity index (χ1) is 22.7. The van der Waals surface area contributed by atoms with Crippen molar-refractivity contribution in [3.63, 3.8) is 0 Å². The molecule has 2 saturated heterocycles. The zero-order valence-corrected chi connectivity index (χ0v) is 27.1. The molecule has 3 fully saturated rings. The number of halogens is 1. The van der Waals surface area contributed by atoms with Crippen LogP contribution in [-0.2, 0) is 24.6 Å². The number of hydrogen-bond acceptors (Lipinski definition) is 7. The van der Waals surface area contributed by atoms with Crippen molar-refractivity contribution in [3.8, 4) is 17.2 Å². The molecule has 0 aromatic heterocycles. The number of phenols is 1. The van der Waals surface area contributed by atoms with Crippen LogP contribution in [0.1, 0.15) is 43.2 Å². The first-order valence-electron chi connectivity index (χ1n) is 15.9. The smallest absolute Gasteiger partial charge is 0.246 e. The molecule has 10 heteroatoms. The Morgan fingerprint density at radius 3 is 2.23 bits per heavy atom. The molecule has 6 atom stereocenters. The third-order valence-electron chi connectivity index (χ3n) is 10.5. The Kier molecular flexibility index (Phi) is 7.62. The van der Waals surface area contributed by atoms with Gasteiger partial charge in [0.15, 0.2) is 11.5 Å². The molecule has 0 radical (unpaired) electrons. The summed E-state index contributed by atoms with van der Waals surface area (Å²) in [5.41, 5.74) is 0.947. The van der Waals surface area contributed by atoms with Gasteiger partial charge in [-0.05, 0) is 66.6 Å². The monoisotopic (exact) mass is 654 g/mol. The number of amides is 4. The Morgan fingerprint density at radius 1 is 0.894 bits per heavy atom. The number of benzene rings is 3.